The fourth-order valence-electron chi connectivity index (χ4n) is 1.95. The van der Waals surface area contributed by atoms with E-state index in [1.165, 1.54) is 0 Å². The summed E-state index contributed by atoms with van der Waals surface area (Å²) in [6, 6.07) is 5.65. The minimum atomic E-state index is -0.376. The van der Waals surface area contributed by atoms with Crippen LogP contribution in [0.1, 0.15) is 24.9 Å². The quantitative estimate of drug-likeness (QED) is 0.891. The molecule has 5 nitrogen and oxygen atoms in total. The van der Waals surface area contributed by atoms with Gasteiger partial charge in [-0.25, -0.2) is 4.79 Å². The lowest BCUT2D eigenvalue weighted by Gasteiger charge is -2.24. The molecule has 0 unspecified atom stereocenters. The van der Waals surface area contributed by atoms with E-state index in [-0.39, 0.29) is 12.1 Å². The van der Waals surface area contributed by atoms with E-state index in [0.29, 0.717) is 24.7 Å². The number of carbonyl (C=O) groups is 1. The van der Waals surface area contributed by atoms with Crippen molar-refractivity contribution < 1.29 is 19.0 Å². The first-order chi connectivity index (χ1) is 8.74. The molecule has 5 heteroatoms. The minimum Gasteiger partial charge on any atom is -0.493 e. The summed E-state index contributed by atoms with van der Waals surface area (Å²) in [5.41, 5.74) is 0.993. The number of alkyl carbamates (subject to hydrolysis) is 1. The Morgan fingerprint density at radius 1 is 1.44 bits per heavy atom. The molecule has 1 fully saturated rings. The second-order valence-corrected chi connectivity index (χ2v) is 3.96. The monoisotopic (exact) mass is 251 g/mol. The average molecular weight is 251 g/mol. The van der Waals surface area contributed by atoms with Crippen LogP contribution < -0.4 is 14.8 Å². The van der Waals surface area contributed by atoms with Crippen molar-refractivity contribution in [3.63, 3.8) is 0 Å². The highest BCUT2D eigenvalue weighted by Crippen LogP contribution is 2.31. The Labute approximate surface area is 106 Å². The van der Waals surface area contributed by atoms with Gasteiger partial charge in [0.25, 0.3) is 0 Å². The smallest absolute Gasteiger partial charge is 0.407 e. The number of rotatable bonds is 4. The molecule has 0 saturated carbocycles. The van der Waals surface area contributed by atoms with E-state index in [2.05, 4.69) is 5.32 Å². The summed E-state index contributed by atoms with van der Waals surface area (Å²) < 4.78 is 15.6. The molecule has 1 aromatic carbocycles. The van der Waals surface area contributed by atoms with Crippen LogP contribution in [0.25, 0.3) is 0 Å². The zero-order valence-corrected chi connectivity index (χ0v) is 10.6. The molecule has 1 aromatic rings. The van der Waals surface area contributed by atoms with Gasteiger partial charge in [-0.1, -0.05) is 6.07 Å². The topological polar surface area (TPSA) is 56.8 Å². The Balaban J connectivity index is 2.20. The van der Waals surface area contributed by atoms with Crippen molar-refractivity contribution in [2.24, 2.45) is 0 Å². The second-order valence-electron chi connectivity index (χ2n) is 3.96. The highest BCUT2D eigenvalue weighted by Gasteiger charge is 2.21. The standard InChI is InChI=1S/C13H17NO4/c1-3-17-11-5-4-9(8-12(11)16-2)10-6-7-18-13(15)14-10/h4-5,8,10H,3,6-7H2,1-2H3,(H,14,15)/t10-/m0/s1. The average Bonchev–Trinajstić information content (AvgIpc) is 2.39. The first-order valence-electron chi connectivity index (χ1n) is 5.98. The number of methoxy groups -OCH3 is 1. The lowest BCUT2D eigenvalue weighted by molar-refractivity contribution is 0.115. The summed E-state index contributed by atoms with van der Waals surface area (Å²) in [4.78, 5) is 11.2. The molecule has 1 saturated heterocycles. The van der Waals surface area contributed by atoms with Crippen LogP contribution in [0, 0.1) is 0 Å². The van der Waals surface area contributed by atoms with Crippen molar-refractivity contribution in [1.82, 2.24) is 5.32 Å². The Hall–Kier alpha value is -1.91. The second kappa shape index (κ2) is 5.62. The molecule has 2 rings (SSSR count). The molecule has 1 atom stereocenters. The van der Waals surface area contributed by atoms with Crippen molar-refractivity contribution in [2.75, 3.05) is 20.3 Å². The van der Waals surface area contributed by atoms with Gasteiger partial charge in [0, 0.05) is 6.42 Å². The lowest BCUT2D eigenvalue weighted by Crippen LogP contribution is -2.35. The molecule has 18 heavy (non-hydrogen) atoms. The zero-order valence-electron chi connectivity index (χ0n) is 10.6. The van der Waals surface area contributed by atoms with Crippen molar-refractivity contribution in [2.45, 2.75) is 19.4 Å². The summed E-state index contributed by atoms with van der Waals surface area (Å²) in [5.74, 6) is 1.39. The van der Waals surface area contributed by atoms with E-state index in [1.807, 2.05) is 25.1 Å². The first-order valence-corrected chi connectivity index (χ1v) is 5.98. The fourth-order valence-corrected chi connectivity index (χ4v) is 1.95. The van der Waals surface area contributed by atoms with Gasteiger partial charge in [0.05, 0.1) is 26.4 Å². The number of nitrogens with one attached hydrogen (secondary N) is 1. The number of cyclic esters (lactones) is 1. The van der Waals surface area contributed by atoms with E-state index in [0.717, 1.165) is 12.0 Å². The molecule has 1 heterocycles. The van der Waals surface area contributed by atoms with Crippen LogP contribution in [-0.2, 0) is 4.74 Å². The predicted molar refractivity (Wildman–Crippen MR) is 66.0 cm³/mol. The Morgan fingerprint density at radius 2 is 2.28 bits per heavy atom. The van der Waals surface area contributed by atoms with Gasteiger partial charge in [-0.15, -0.1) is 0 Å². The summed E-state index contributed by atoms with van der Waals surface area (Å²) in [6.07, 6.45) is 0.377. The van der Waals surface area contributed by atoms with E-state index in [1.54, 1.807) is 7.11 Å². The third-order valence-electron chi connectivity index (χ3n) is 2.82. The molecular weight excluding hydrogens is 234 g/mol. The van der Waals surface area contributed by atoms with Crippen LogP contribution >= 0.6 is 0 Å². The number of hydrogen-bond acceptors (Lipinski definition) is 4. The van der Waals surface area contributed by atoms with Gasteiger partial charge in [-0.3, -0.25) is 0 Å². The molecule has 0 bridgehead atoms. The molecule has 1 aliphatic heterocycles. The molecule has 0 aliphatic carbocycles. The van der Waals surface area contributed by atoms with E-state index < -0.39 is 0 Å². The lowest BCUT2D eigenvalue weighted by atomic mass is 10.0. The van der Waals surface area contributed by atoms with Crippen LogP contribution in [0.2, 0.25) is 0 Å². The summed E-state index contributed by atoms with van der Waals surface area (Å²) in [7, 11) is 1.60. The van der Waals surface area contributed by atoms with E-state index in [4.69, 9.17) is 14.2 Å². The summed E-state index contributed by atoms with van der Waals surface area (Å²) in [6.45, 7) is 2.95. The highest BCUT2D eigenvalue weighted by molar-refractivity contribution is 5.68. The van der Waals surface area contributed by atoms with Crippen molar-refractivity contribution in [1.29, 1.82) is 0 Å². The van der Waals surface area contributed by atoms with E-state index >= 15 is 0 Å². The van der Waals surface area contributed by atoms with Crippen LogP contribution in [0.5, 0.6) is 11.5 Å². The third-order valence-corrected chi connectivity index (χ3v) is 2.82. The van der Waals surface area contributed by atoms with Gasteiger partial charge in [0.2, 0.25) is 0 Å². The molecular formula is C13H17NO4. The van der Waals surface area contributed by atoms with Gasteiger partial charge < -0.3 is 19.5 Å². The van der Waals surface area contributed by atoms with Gasteiger partial charge in [-0.2, -0.15) is 0 Å². The minimum absolute atomic E-state index is 0.0316. The van der Waals surface area contributed by atoms with Crippen molar-refractivity contribution in [3.05, 3.63) is 23.8 Å². The molecule has 0 spiro atoms. The number of amides is 1. The molecule has 98 valence electrons. The fraction of sp³-hybridized carbons (Fsp3) is 0.462. The molecule has 1 aliphatic rings. The van der Waals surface area contributed by atoms with E-state index in [9.17, 15) is 4.79 Å². The maximum atomic E-state index is 11.2. The maximum absolute atomic E-state index is 11.2. The number of carbonyl (C=O) groups excluding carboxylic acids is 1. The van der Waals surface area contributed by atoms with Gasteiger partial charge in [0.1, 0.15) is 0 Å². The molecule has 1 amide bonds. The van der Waals surface area contributed by atoms with Crippen LogP contribution in [0.4, 0.5) is 4.79 Å². The Kier molecular flexibility index (Phi) is 3.92. The SMILES string of the molecule is CCOc1ccc([C@@H]2CCOC(=O)N2)cc1OC. The maximum Gasteiger partial charge on any atom is 0.407 e. The first kappa shape index (κ1) is 12.5. The zero-order chi connectivity index (χ0) is 13.0. The van der Waals surface area contributed by atoms with Crippen LogP contribution in [0.15, 0.2) is 18.2 Å². The van der Waals surface area contributed by atoms with Gasteiger partial charge in [-0.05, 0) is 24.6 Å². The largest absolute Gasteiger partial charge is 0.493 e. The molecule has 0 radical (unpaired) electrons. The predicted octanol–water partition coefficient (Wildman–Crippen LogP) is 2.26. The number of benzene rings is 1. The van der Waals surface area contributed by atoms with Gasteiger partial charge in [0.15, 0.2) is 11.5 Å². The van der Waals surface area contributed by atoms with Crippen LogP contribution in [-0.4, -0.2) is 26.4 Å². The summed E-state index contributed by atoms with van der Waals surface area (Å²) >= 11 is 0. The Morgan fingerprint density at radius 3 is 2.94 bits per heavy atom. The number of hydrogen-bond donors (Lipinski definition) is 1. The van der Waals surface area contributed by atoms with Crippen molar-refractivity contribution >= 4 is 6.09 Å². The third kappa shape index (κ3) is 2.67. The van der Waals surface area contributed by atoms with Crippen molar-refractivity contribution in [3.8, 4) is 11.5 Å². The Bertz CT molecular complexity index is 433. The molecule has 0 aromatic heterocycles. The molecule has 1 N–H and O–H groups in total. The summed E-state index contributed by atoms with van der Waals surface area (Å²) in [5, 5.41) is 2.78. The number of ether oxygens (including phenoxy) is 3. The van der Waals surface area contributed by atoms with Gasteiger partial charge >= 0.3 is 6.09 Å². The highest BCUT2D eigenvalue weighted by atomic mass is 16.6. The van der Waals surface area contributed by atoms with Crippen LogP contribution in [0.3, 0.4) is 0 Å². The normalized spacial score (nSPS) is 18.8.